The zero-order chi connectivity index (χ0) is 10.0. The lowest BCUT2D eigenvalue weighted by atomic mass is 10.2. The highest BCUT2D eigenvalue weighted by molar-refractivity contribution is 4.66. The van der Waals surface area contributed by atoms with Gasteiger partial charge in [0.05, 0.1) is 6.54 Å². The van der Waals surface area contributed by atoms with Crippen LogP contribution in [0.25, 0.3) is 0 Å². The molecule has 0 unspecified atom stereocenters. The van der Waals surface area contributed by atoms with E-state index < -0.39 is 5.92 Å². The minimum absolute atomic E-state index is 0.0796. The molecule has 0 spiro atoms. The van der Waals surface area contributed by atoms with Gasteiger partial charge in [-0.05, 0) is 13.0 Å². The normalized spacial score (nSPS) is 10.5. The molecule has 3 heteroatoms. The molecular formula is C9H21F2N. The summed E-state index contributed by atoms with van der Waals surface area (Å²) in [5, 5.41) is 2.68. The third-order valence-electron chi connectivity index (χ3n) is 1.33. The van der Waals surface area contributed by atoms with Gasteiger partial charge in [0.15, 0.2) is 0 Å². The Labute approximate surface area is 74.5 Å². The van der Waals surface area contributed by atoms with Crippen LogP contribution in [0, 0.1) is 0 Å². The summed E-state index contributed by atoms with van der Waals surface area (Å²) in [5.74, 6) is -2.52. The van der Waals surface area contributed by atoms with Gasteiger partial charge >= 0.3 is 0 Å². The average molecular weight is 181 g/mol. The smallest absolute Gasteiger partial charge is 0.260 e. The van der Waals surface area contributed by atoms with E-state index >= 15 is 0 Å². The average Bonchev–Trinajstić information content (AvgIpc) is 2.09. The van der Waals surface area contributed by atoms with Crippen LogP contribution in [0.15, 0.2) is 0 Å². The van der Waals surface area contributed by atoms with E-state index in [-0.39, 0.29) is 13.0 Å². The molecule has 12 heavy (non-hydrogen) atoms. The van der Waals surface area contributed by atoms with Crippen LogP contribution >= 0.6 is 0 Å². The van der Waals surface area contributed by atoms with Gasteiger partial charge in [-0.1, -0.05) is 27.7 Å². The van der Waals surface area contributed by atoms with Gasteiger partial charge in [0.2, 0.25) is 0 Å². The highest BCUT2D eigenvalue weighted by Gasteiger charge is 2.24. The van der Waals surface area contributed by atoms with Crippen molar-refractivity contribution >= 4 is 0 Å². The Morgan fingerprint density at radius 3 is 2.00 bits per heavy atom. The summed E-state index contributed by atoms with van der Waals surface area (Å²) in [5.41, 5.74) is 0. The Balaban J connectivity index is 0. The third-order valence-corrected chi connectivity index (χ3v) is 1.33. The molecule has 0 amide bonds. The van der Waals surface area contributed by atoms with Crippen LogP contribution in [0.1, 0.15) is 40.5 Å². The first-order valence-corrected chi connectivity index (χ1v) is 4.71. The van der Waals surface area contributed by atoms with Crippen molar-refractivity contribution < 1.29 is 8.78 Å². The molecule has 1 N–H and O–H groups in total. The lowest BCUT2D eigenvalue weighted by molar-refractivity contribution is -0.00135. The molecule has 0 aromatic heterocycles. The number of nitrogens with one attached hydrogen (secondary N) is 1. The molecule has 0 aliphatic rings. The molecule has 0 saturated carbocycles. The van der Waals surface area contributed by atoms with Crippen LogP contribution in [0.3, 0.4) is 0 Å². The summed E-state index contributed by atoms with van der Waals surface area (Å²) in [6, 6.07) is 0. The lowest BCUT2D eigenvalue weighted by Gasteiger charge is -2.13. The number of alkyl halides is 2. The Morgan fingerprint density at radius 2 is 1.67 bits per heavy atom. The summed E-state index contributed by atoms with van der Waals surface area (Å²) in [4.78, 5) is 0. The molecule has 76 valence electrons. The largest absolute Gasteiger partial charge is 0.311 e. The Bertz CT molecular complexity index is 84.6. The Kier molecular flexibility index (Phi) is 10.7. The Morgan fingerprint density at radius 1 is 1.17 bits per heavy atom. The second kappa shape index (κ2) is 8.91. The monoisotopic (exact) mass is 181 g/mol. The molecule has 1 nitrogen and oxygen atoms in total. The SMILES string of the molecule is CC.CCCNCC(F)(F)CC. The minimum atomic E-state index is -2.52. The summed E-state index contributed by atoms with van der Waals surface area (Å²) in [6.45, 7) is 7.94. The van der Waals surface area contributed by atoms with Crippen LogP contribution < -0.4 is 5.32 Å². The first kappa shape index (κ1) is 14.3. The van der Waals surface area contributed by atoms with Crippen molar-refractivity contribution in [3.8, 4) is 0 Å². The molecule has 0 aromatic carbocycles. The predicted molar refractivity (Wildman–Crippen MR) is 49.7 cm³/mol. The van der Waals surface area contributed by atoms with E-state index in [2.05, 4.69) is 5.32 Å². The molecule has 0 bridgehead atoms. The molecule has 0 aromatic rings. The van der Waals surface area contributed by atoms with Crippen molar-refractivity contribution in [3.05, 3.63) is 0 Å². The maximum absolute atomic E-state index is 12.4. The van der Waals surface area contributed by atoms with Gasteiger partial charge in [-0.15, -0.1) is 0 Å². The highest BCUT2D eigenvalue weighted by atomic mass is 19.3. The molecule has 0 saturated heterocycles. The fourth-order valence-corrected chi connectivity index (χ4v) is 0.573. The summed E-state index contributed by atoms with van der Waals surface area (Å²) < 4.78 is 24.8. The van der Waals surface area contributed by atoms with Crippen molar-refractivity contribution in [2.75, 3.05) is 13.1 Å². The number of hydrogen-bond acceptors (Lipinski definition) is 1. The van der Waals surface area contributed by atoms with E-state index in [0.717, 1.165) is 6.42 Å². The topological polar surface area (TPSA) is 12.0 Å². The highest BCUT2D eigenvalue weighted by Crippen LogP contribution is 2.15. The number of hydrogen-bond donors (Lipinski definition) is 1. The van der Waals surface area contributed by atoms with Gasteiger partial charge in [-0.2, -0.15) is 0 Å². The first-order valence-electron chi connectivity index (χ1n) is 4.71. The fourth-order valence-electron chi connectivity index (χ4n) is 0.573. The van der Waals surface area contributed by atoms with Crippen molar-refractivity contribution in [1.29, 1.82) is 0 Å². The molecule has 0 atom stereocenters. The van der Waals surface area contributed by atoms with Crippen LogP contribution in [-0.4, -0.2) is 19.0 Å². The van der Waals surface area contributed by atoms with E-state index in [4.69, 9.17) is 0 Å². The third kappa shape index (κ3) is 9.82. The molecule has 0 aliphatic carbocycles. The lowest BCUT2D eigenvalue weighted by Crippen LogP contribution is -2.32. The number of halogens is 2. The minimum Gasteiger partial charge on any atom is -0.311 e. The number of rotatable bonds is 5. The molecule has 0 fully saturated rings. The Hall–Kier alpha value is -0.180. The predicted octanol–water partition coefficient (Wildman–Crippen LogP) is 3.06. The molecule has 0 aliphatic heterocycles. The van der Waals surface area contributed by atoms with Gasteiger partial charge in [0, 0.05) is 6.42 Å². The molecule has 0 heterocycles. The van der Waals surface area contributed by atoms with E-state index in [9.17, 15) is 8.78 Å². The van der Waals surface area contributed by atoms with Gasteiger partial charge < -0.3 is 5.32 Å². The fraction of sp³-hybridized carbons (Fsp3) is 1.00. The maximum Gasteiger partial charge on any atom is 0.260 e. The summed E-state index contributed by atoms with van der Waals surface area (Å²) >= 11 is 0. The van der Waals surface area contributed by atoms with E-state index in [0.29, 0.717) is 6.54 Å². The van der Waals surface area contributed by atoms with Crippen LogP contribution in [0.5, 0.6) is 0 Å². The van der Waals surface area contributed by atoms with Crippen LogP contribution in [-0.2, 0) is 0 Å². The van der Waals surface area contributed by atoms with Crippen molar-refractivity contribution in [1.82, 2.24) is 5.32 Å². The van der Waals surface area contributed by atoms with Crippen molar-refractivity contribution in [2.24, 2.45) is 0 Å². The molecule has 0 rings (SSSR count). The zero-order valence-electron chi connectivity index (χ0n) is 8.58. The maximum atomic E-state index is 12.4. The second-order valence-electron chi connectivity index (χ2n) is 2.39. The van der Waals surface area contributed by atoms with Crippen LogP contribution in [0.4, 0.5) is 8.78 Å². The van der Waals surface area contributed by atoms with Gasteiger partial charge in [0.25, 0.3) is 5.92 Å². The van der Waals surface area contributed by atoms with Crippen molar-refractivity contribution in [3.63, 3.8) is 0 Å². The van der Waals surface area contributed by atoms with Crippen LogP contribution in [0.2, 0.25) is 0 Å². The summed E-state index contributed by atoms with van der Waals surface area (Å²) in [6.07, 6.45) is 0.823. The van der Waals surface area contributed by atoms with E-state index in [1.165, 1.54) is 6.92 Å². The van der Waals surface area contributed by atoms with E-state index in [1.807, 2.05) is 20.8 Å². The standard InChI is InChI=1S/C7H15F2N.C2H6/c1-3-5-10-6-7(8,9)4-2;1-2/h10H,3-6H2,1-2H3;1-2H3. The molecule has 0 radical (unpaired) electrons. The first-order chi connectivity index (χ1) is 5.62. The van der Waals surface area contributed by atoms with Gasteiger partial charge in [0.1, 0.15) is 0 Å². The van der Waals surface area contributed by atoms with E-state index in [1.54, 1.807) is 0 Å². The van der Waals surface area contributed by atoms with Crippen molar-refractivity contribution in [2.45, 2.75) is 46.5 Å². The second-order valence-corrected chi connectivity index (χ2v) is 2.39. The van der Waals surface area contributed by atoms with Gasteiger partial charge in [-0.25, -0.2) is 8.78 Å². The van der Waals surface area contributed by atoms with Gasteiger partial charge in [-0.3, -0.25) is 0 Å². The summed E-state index contributed by atoms with van der Waals surface area (Å²) in [7, 11) is 0. The quantitative estimate of drug-likeness (QED) is 0.643. The zero-order valence-corrected chi connectivity index (χ0v) is 8.58. The molecular weight excluding hydrogens is 160 g/mol.